The minimum atomic E-state index is 0.213. The standard InChI is InChI=1S/C24H31N3OS/c1-15-20(29-16(2)25-15)13-23(28)27-19(12-17-8-5-4-6-9-17)18-14-24(3)21(26-18)10-7-11-22(24)27/h4-6,8-9,18-19,21-22,26H,7,10-14H2,1-3H3/t18-,19+,21-,22+,24-/m0/s1. The van der Waals surface area contributed by atoms with Gasteiger partial charge in [0.15, 0.2) is 0 Å². The number of rotatable bonds is 4. The highest BCUT2D eigenvalue weighted by Crippen LogP contribution is 2.52. The van der Waals surface area contributed by atoms with Crippen LogP contribution in [-0.4, -0.2) is 40.0 Å². The zero-order valence-corrected chi connectivity index (χ0v) is 18.5. The van der Waals surface area contributed by atoms with Gasteiger partial charge in [0.25, 0.3) is 0 Å². The van der Waals surface area contributed by atoms with Crippen LogP contribution in [0.2, 0.25) is 0 Å². The number of benzene rings is 1. The van der Waals surface area contributed by atoms with Crippen molar-refractivity contribution in [3.63, 3.8) is 0 Å². The Labute approximate surface area is 177 Å². The van der Waals surface area contributed by atoms with Gasteiger partial charge in [-0.3, -0.25) is 4.79 Å². The Kier molecular flexibility index (Phi) is 4.78. The Hall–Kier alpha value is -1.72. The number of fused-ring (bicyclic) bond motifs is 1. The number of hydrogen-bond donors (Lipinski definition) is 1. The molecule has 1 aromatic heterocycles. The van der Waals surface area contributed by atoms with E-state index < -0.39 is 0 Å². The van der Waals surface area contributed by atoms with E-state index in [0.717, 1.165) is 28.4 Å². The molecule has 4 nitrogen and oxygen atoms in total. The third-order valence-corrected chi connectivity index (χ3v) is 8.72. The summed E-state index contributed by atoms with van der Waals surface area (Å²) in [5, 5.41) is 5.01. The summed E-state index contributed by atoms with van der Waals surface area (Å²) in [5.41, 5.74) is 2.56. The predicted molar refractivity (Wildman–Crippen MR) is 117 cm³/mol. The van der Waals surface area contributed by atoms with E-state index >= 15 is 0 Å². The Morgan fingerprint density at radius 1 is 1.28 bits per heavy atom. The van der Waals surface area contributed by atoms with Gasteiger partial charge >= 0.3 is 0 Å². The first-order valence-corrected chi connectivity index (χ1v) is 11.8. The molecule has 5 rings (SSSR count). The molecule has 1 aromatic carbocycles. The van der Waals surface area contributed by atoms with Crippen LogP contribution in [0, 0.1) is 19.3 Å². The van der Waals surface area contributed by atoms with Crippen LogP contribution in [-0.2, 0) is 17.6 Å². The fourth-order valence-corrected chi connectivity index (χ4v) is 7.23. The molecule has 3 fully saturated rings. The topological polar surface area (TPSA) is 45.2 Å². The monoisotopic (exact) mass is 409 g/mol. The van der Waals surface area contributed by atoms with Crippen molar-refractivity contribution in [2.75, 3.05) is 0 Å². The maximum absolute atomic E-state index is 13.8. The summed E-state index contributed by atoms with van der Waals surface area (Å²) < 4.78 is 0. The molecule has 2 aliphatic heterocycles. The Bertz CT molecular complexity index is 910. The van der Waals surface area contributed by atoms with Crippen molar-refractivity contribution in [2.45, 2.75) is 83.5 Å². The number of amides is 1. The van der Waals surface area contributed by atoms with Gasteiger partial charge < -0.3 is 10.2 Å². The van der Waals surface area contributed by atoms with E-state index in [1.807, 2.05) is 13.8 Å². The van der Waals surface area contributed by atoms with Gasteiger partial charge in [-0.25, -0.2) is 4.98 Å². The fourth-order valence-electron chi connectivity index (χ4n) is 6.30. The van der Waals surface area contributed by atoms with Crippen LogP contribution in [0.1, 0.15) is 53.7 Å². The second-order valence-corrected chi connectivity index (χ2v) is 10.7. The van der Waals surface area contributed by atoms with Crippen LogP contribution in [0.25, 0.3) is 0 Å². The van der Waals surface area contributed by atoms with Gasteiger partial charge in [0, 0.05) is 28.4 Å². The molecule has 5 heteroatoms. The molecule has 0 spiro atoms. The summed E-state index contributed by atoms with van der Waals surface area (Å²) in [7, 11) is 0. The SMILES string of the molecule is Cc1nc(C)c(CC(=O)N2[C@H](Cc3ccccc3)[C@@H]3C[C@@]4(C)[C@H](CCC[C@@H]24)N3)s1. The maximum atomic E-state index is 13.8. The normalized spacial score (nSPS) is 33.1. The molecule has 2 bridgehead atoms. The van der Waals surface area contributed by atoms with Crippen molar-refractivity contribution in [3.05, 3.63) is 51.5 Å². The van der Waals surface area contributed by atoms with Gasteiger partial charge in [-0.1, -0.05) is 37.3 Å². The van der Waals surface area contributed by atoms with Gasteiger partial charge in [-0.2, -0.15) is 0 Å². The third-order valence-electron chi connectivity index (χ3n) is 7.65. The van der Waals surface area contributed by atoms with Crippen molar-refractivity contribution >= 4 is 17.2 Å². The number of nitrogens with one attached hydrogen (secondary N) is 1. The van der Waals surface area contributed by atoms with Crippen LogP contribution in [0.5, 0.6) is 0 Å². The zero-order chi connectivity index (χ0) is 20.2. The fraction of sp³-hybridized carbons (Fsp3) is 0.583. The molecule has 2 saturated heterocycles. The zero-order valence-electron chi connectivity index (χ0n) is 17.6. The van der Waals surface area contributed by atoms with Gasteiger partial charge in [-0.05, 0) is 51.5 Å². The highest BCUT2D eigenvalue weighted by molar-refractivity contribution is 7.11. The number of aryl methyl sites for hydroxylation is 2. The van der Waals surface area contributed by atoms with Gasteiger partial charge in [-0.15, -0.1) is 11.3 Å². The number of thiazole rings is 1. The second-order valence-electron chi connectivity index (χ2n) is 9.46. The summed E-state index contributed by atoms with van der Waals surface area (Å²) in [6.45, 7) is 6.49. The smallest absolute Gasteiger partial charge is 0.228 e. The van der Waals surface area contributed by atoms with Crippen LogP contribution >= 0.6 is 11.3 Å². The molecule has 0 unspecified atom stereocenters. The molecular weight excluding hydrogens is 378 g/mol. The van der Waals surface area contributed by atoms with Crippen LogP contribution in [0.4, 0.5) is 0 Å². The molecular formula is C24H31N3OS. The summed E-state index contributed by atoms with van der Waals surface area (Å²) in [6.07, 6.45) is 6.22. The molecule has 1 amide bonds. The number of likely N-dealkylation sites (tertiary alicyclic amines) is 1. The average molecular weight is 410 g/mol. The quantitative estimate of drug-likeness (QED) is 0.829. The molecule has 3 aliphatic rings. The molecule has 1 N–H and O–H groups in total. The van der Waals surface area contributed by atoms with Crippen LogP contribution in [0.3, 0.4) is 0 Å². The lowest BCUT2D eigenvalue weighted by atomic mass is 9.64. The number of piperidine rings is 1. The predicted octanol–water partition coefficient (Wildman–Crippen LogP) is 4.05. The van der Waals surface area contributed by atoms with Crippen molar-refractivity contribution in [3.8, 4) is 0 Å². The van der Waals surface area contributed by atoms with Crippen molar-refractivity contribution in [1.82, 2.24) is 15.2 Å². The molecule has 0 radical (unpaired) electrons. The number of nitrogens with zero attached hydrogens (tertiary/aromatic N) is 2. The Morgan fingerprint density at radius 3 is 2.79 bits per heavy atom. The van der Waals surface area contributed by atoms with E-state index in [1.165, 1.54) is 24.8 Å². The van der Waals surface area contributed by atoms with E-state index in [9.17, 15) is 4.79 Å². The van der Waals surface area contributed by atoms with Crippen molar-refractivity contribution in [2.24, 2.45) is 5.41 Å². The van der Waals surface area contributed by atoms with E-state index in [-0.39, 0.29) is 11.5 Å². The maximum Gasteiger partial charge on any atom is 0.228 e. The van der Waals surface area contributed by atoms with Gasteiger partial charge in [0.1, 0.15) is 0 Å². The number of hydrogen-bond acceptors (Lipinski definition) is 4. The molecule has 29 heavy (non-hydrogen) atoms. The Morgan fingerprint density at radius 2 is 2.07 bits per heavy atom. The Balaban J connectivity index is 1.49. The first-order valence-electron chi connectivity index (χ1n) is 11.0. The molecule has 154 valence electrons. The lowest BCUT2D eigenvalue weighted by Gasteiger charge is -2.53. The highest BCUT2D eigenvalue weighted by atomic mass is 32.1. The molecule has 2 aromatic rings. The summed E-state index contributed by atoms with van der Waals surface area (Å²) in [6, 6.07) is 12.2. The van der Waals surface area contributed by atoms with E-state index in [4.69, 9.17) is 0 Å². The largest absolute Gasteiger partial charge is 0.334 e. The minimum absolute atomic E-state index is 0.213. The van der Waals surface area contributed by atoms with Crippen molar-refractivity contribution < 1.29 is 4.79 Å². The first kappa shape index (κ1) is 19.3. The van der Waals surface area contributed by atoms with Gasteiger partial charge in [0.05, 0.1) is 23.2 Å². The third kappa shape index (κ3) is 3.23. The van der Waals surface area contributed by atoms with Gasteiger partial charge in [0.2, 0.25) is 5.91 Å². The average Bonchev–Trinajstić information content (AvgIpc) is 3.20. The lowest BCUT2D eigenvalue weighted by molar-refractivity contribution is -0.143. The second kappa shape index (κ2) is 7.21. The highest BCUT2D eigenvalue weighted by Gasteiger charge is 2.60. The van der Waals surface area contributed by atoms with E-state index in [2.05, 4.69) is 52.5 Å². The lowest BCUT2D eigenvalue weighted by Crippen LogP contribution is -2.62. The molecule has 1 aliphatic carbocycles. The number of carbonyl (C=O) groups is 1. The molecule has 5 atom stereocenters. The summed E-state index contributed by atoms with van der Waals surface area (Å²) in [4.78, 5) is 21.8. The van der Waals surface area contributed by atoms with Crippen molar-refractivity contribution in [1.29, 1.82) is 0 Å². The summed E-state index contributed by atoms with van der Waals surface area (Å²) >= 11 is 1.68. The van der Waals surface area contributed by atoms with Crippen LogP contribution in [0.15, 0.2) is 30.3 Å². The van der Waals surface area contributed by atoms with E-state index in [1.54, 1.807) is 11.3 Å². The number of carbonyl (C=O) groups excluding carboxylic acids is 1. The first-order chi connectivity index (χ1) is 14.0. The van der Waals surface area contributed by atoms with E-state index in [0.29, 0.717) is 30.5 Å². The minimum Gasteiger partial charge on any atom is -0.334 e. The molecule has 1 saturated carbocycles. The summed E-state index contributed by atoms with van der Waals surface area (Å²) in [5.74, 6) is 0.294. The molecule has 3 heterocycles. The number of aromatic nitrogens is 1. The van der Waals surface area contributed by atoms with Crippen LogP contribution < -0.4 is 5.32 Å².